The van der Waals surface area contributed by atoms with Gasteiger partial charge in [0, 0.05) is 45.0 Å². The van der Waals surface area contributed by atoms with Crippen molar-refractivity contribution < 1.29 is 31.1 Å². The minimum atomic E-state index is -4.43. The van der Waals surface area contributed by atoms with Crippen molar-refractivity contribution >= 4 is 21.6 Å². The number of nitrogens with zero attached hydrogens (tertiary/aromatic N) is 3. The van der Waals surface area contributed by atoms with Crippen LogP contribution in [0.15, 0.2) is 47.4 Å². The smallest absolute Gasteiger partial charge is 0.416 e. The number of methoxy groups -OCH3 is 1. The molecule has 0 atom stereocenters. The van der Waals surface area contributed by atoms with Crippen LogP contribution in [-0.4, -0.2) is 69.9 Å². The predicted molar refractivity (Wildman–Crippen MR) is 130 cm³/mol. The number of amides is 1. The van der Waals surface area contributed by atoms with Crippen LogP contribution in [0, 0.1) is 5.92 Å². The van der Waals surface area contributed by atoms with E-state index in [0.29, 0.717) is 37.8 Å². The third kappa shape index (κ3) is 5.46. The van der Waals surface area contributed by atoms with Gasteiger partial charge in [-0.2, -0.15) is 17.5 Å². The Bertz CT molecular complexity index is 1200. The van der Waals surface area contributed by atoms with E-state index < -0.39 is 21.8 Å². The van der Waals surface area contributed by atoms with Gasteiger partial charge < -0.3 is 14.5 Å². The Morgan fingerprint density at radius 2 is 1.64 bits per heavy atom. The van der Waals surface area contributed by atoms with Crippen LogP contribution in [0.4, 0.5) is 18.9 Å². The molecule has 2 heterocycles. The van der Waals surface area contributed by atoms with Crippen LogP contribution in [0.25, 0.3) is 0 Å². The number of carbonyl (C=O) groups excluding carboxylic acids is 1. The molecule has 0 N–H and O–H groups in total. The topological polar surface area (TPSA) is 70.2 Å². The average Bonchev–Trinajstić information content (AvgIpc) is 2.88. The molecule has 0 radical (unpaired) electrons. The third-order valence-corrected chi connectivity index (χ3v) is 8.78. The van der Waals surface area contributed by atoms with Gasteiger partial charge in [0.05, 0.1) is 23.1 Å². The maximum atomic E-state index is 13.4. The Morgan fingerprint density at radius 3 is 2.25 bits per heavy atom. The molecule has 2 aromatic carbocycles. The maximum Gasteiger partial charge on any atom is 0.416 e. The summed E-state index contributed by atoms with van der Waals surface area (Å²) in [6.45, 7) is 4.23. The molecule has 196 valence electrons. The van der Waals surface area contributed by atoms with Crippen molar-refractivity contribution in [2.45, 2.75) is 30.8 Å². The van der Waals surface area contributed by atoms with E-state index in [2.05, 4.69) is 6.92 Å². The Kier molecular flexibility index (Phi) is 7.51. The highest BCUT2D eigenvalue weighted by Crippen LogP contribution is 2.32. The van der Waals surface area contributed by atoms with Gasteiger partial charge in [-0.25, -0.2) is 8.42 Å². The summed E-state index contributed by atoms with van der Waals surface area (Å²) in [7, 11) is -2.34. The monoisotopic (exact) mass is 525 g/mol. The molecule has 2 aromatic rings. The summed E-state index contributed by atoms with van der Waals surface area (Å²) in [4.78, 5) is 16.8. The zero-order valence-electron chi connectivity index (χ0n) is 20.3. The Hall–Kier alpha value is -2.79. The van der Waals surface area contributed by atoms with Gasteiger partial charge in [0.2, 0.25) is 10.0 Å². The normalized spacial score (nSPS) is 18.4. The Labute approximate surface area is 209 Å². The van der Waals surface area contributed by atoms with Gasteiger partial charge in [-0.15, -0.1) is 0 Å². The van der Waals surface area contributed by atoms with Crippen molar-refractivity contribution in [2.24, 2.45) is 5.92 Å². The molecule has 2 fully saturated rings. The number of carbonyl (C=O) groups is 1. The number of piperidine rings is 1. The molecule has 2 aliphatic rings. The first kappa shape index (κ1) is 26.3. The number of hydrogen-bond donors (Lipinski definition) is 0. The van der Waals surface area contributed by atoms with Crippen molar-refractivity contribution in [2.75, 3.05) is 51.3 Å². The molecule has 36 heavy (non-hydrogen) atoms. The van der Waals surface area contributed by atoms with E-state index in [1.54, 1.807) is 15.9 Å². The average molecular weight is 526 g/mol. The van der Waals surface area contributed by atoms with E-state index in [9.17, 15) is 26.4 Å². The predicted octanol–water partition coefficient (Wildman–Crippen LogP) is 4.10. The van der Waals surface area contributed by atoms with E-state index in [1.807, 2.05) is 0 Å². The van der Waals surface area contributed by atoms with E-state index in [4.69, 9.17) is 4.74 Å². The van der Waals surface area contributed by atoms with Gasteiger partial charge in [-0.05, 0) is 55.2 Å². The molecular weight excluding hydrogens is 495 g/mol. The van der Waals surface area contributed by atoms with Gasteiger partial charge in [-0.3, -0.25) is 4.79 Å². The molecule has 4 rings (SSSR count). The summed E-state index contributed by atoms with van der Waals surface area (Å²) in [6, 6.07) is 9.44. The minimum absolute atomic E-state index is 0.0452. The van der Waals surface area contributed by atoms with E-state index >= 15 is 0 Å². The van der Waals surface area contributed by atoms with Gasteiger partial charge >= 0.3 is 6.18 Å². The van der Waals surface area contributed by atoms with E-state index in [-0.39, 0.29) is 35.2 Å². The molecule has 2 saturated heterocycles. The van der Waals surface area contributed by atoms with Crippen LogP contribution in [0.3, 0.4) is 0 Å². The molecule has 0 saturated carbocycles. The second kappa shape index (κ2) is 10.3. The summed E-state index contributed by atoms with van der Waals surface area (Å²) in [5, 5.41) is 0. The first-order chi connectivity index (χ1) is 17.0. The molecule has 2 aliphatic heterocycles. The molecule has 0 bridgehead atoms. The molecule has 0 unspecified atom stereocenters. The van der Waals surface area contributed by atoms with Crippen molar-refractivity contribution in [1.82, 2.24) is 9.21 Å². The number of hydrogen-bond acceptors (Lipinski definition) is 5. The summed E-state index contributed by atoms with van der Waals surface area (Å²) in [5.41, 5.74) is -0.126. The van der Waals surface area contributed by atoms with Gasteiger partial charge in [0.15, 0.2) is 0 Å². The summed E-state index contributed by atoms with van der Waals surface area (Å²) >= 11 is 0. The number of sulfonamides is 1. The summed E-state index contributed by atoms with van der Waals surface area (Å²) in [6.07, 6.45) is -2.85. The van der Waals surface area contributed by atoms with Crippen molar-refractivity contribution in [3.05, 3.63) is 53.6 Å². The second-order valence-corrected chi connectivity index (χ2v) is 11.2. The van der Waals surface area contributed by atoms with Gasteiger partial charge in [0.1, 0.15) is 5.75 Å². The third-order valence-electron chi connectivity index (χ3n) is 6.89. The quantitative estimate of drug-likeness (QED) is 0.588. The maximum absolute atomic E-state index is 13.4. The molecule has 1 amide bonds. The number of piperazine rings is 1. The standard InChI is InChI=1S/C25H30F3N3O4S/c1-18-8-10-31(11-9-18)36(33,34)21-6-7-23(35-2)22(17-21)24(32)30-14-12-29(13-15-30)20-5-3-4-19(16-20)25(26,27)28/h3-7,16-18H,8-15H2,1-2H3. The zero-order chi connectivity index (χ0) is 26.1. The number of ether oxygens (including phenoxy) is 1. The molecule has 0 spiro atoms. The highest BCUT2D eigenvalue weighted by molar-refractivity contribution is 7.89. The van der Waals surface area contributed by atoms with Crippen LogP contribution in [0.5, 0.6) is 5.75 Å². The lowest BCUT2D eigenvalue weighted by molar-refractivity contribution is -0.137. The van der Waals surface area contributed by atoms with Crippen LogP contribution < -0.4 is 9.64 Å². The van der Waals surface area contributed by atoms with Crippen molar-refractivity contribution in [1.29, 1.82) is 0 Å². The van der Waals surface area contributed by atoms with Crippen molar-refractivity contribution in [3.8, 4) is 5.75 Å². The Morgan fingerprint density at radius 1 is 0.972 bits per heavy atom. The first-order valence-corrected chi connectivity index (χ1v) is 13.3. The lowest BCUT2D eigenvalue weighted by Gasteiger charge is -2.36. The van der Waals surface area contributed by atoms with Crippen molar-refractivity contribution in [3.63, 3.8) is 0 Å². The highest BCUT2D eigenvalue weighted by atomic mass is 32.2. The van der Waals surface area contributed by atoms with Crippen LogP contribution in [0.1, 0.15) is 35.7 Å². The first-order valence-electron chi connectivity index (χ1n) is 11.9. The fourth-order valence-corrected chi connectivity index (χ4v) is 6.10. The highest BCUT2D eigenvalue weighted by Gasteiger charge is 2.33. The molecule has 11 heteroatoms. The number of anilines is 1. The minimum Gasteiger partial charge on any atom is -0.496 e. The van der Waals surface area contributed by atoms with E-state index in [0.717, 1.165) is 25.0 Å². The van der Waals surface area contributed by atoms with E-state index in [1.165, 1.54) is 35.7 Å². The largest absolute Gasteiger partial charge is 0.496 e. The SMILES string of the molecule is COc1ccc(S(=O)(=O)N2CCC(C)CC2)cc1C(=O)N1CCN(c2cccc(C(F)(F)F)c2)CC1. The Balaban J connectivity index is 1.50. The lowest BCUT2D eigenvalue weighted by atomic mass is 10.0. The molecule has 7 nitrogen and oxygen atoms in total. The number of rotatable bonds is 5. The van der Waals surface area contributed by atoms with Crippen LogP contribution in [-0.2, 0) is 16.2 Å². The van der Waals surface area contributed by atoms with Crippen LogP contribution in [0.2, 0.25) is 0 Å². The van der Waals surface area contributed by atoms with Gasteiger partial charge in [-0.1, -0.05) is 13.0 Å². The number of benzene rings is 2. The summed E-state index contributed by atoms with van der Waals surface area (Å²) < 4.78 is 72.5. The number of alkyl halides is 3. The van der Waals surface area contributed by atoms with Crippen LogP contribution >= 0.6 is 0 Å². The second-order valence-electron chi connectivity index (χ2n) is 9.28. The zero-order valence-corrected chi connectivity index (χ0v) is 21.1. The van der Waals surface area contributed by atoms with Gasteiger partial charge in [0.25, 0.3) is 5.91 Å². The molecular formula is C25H30F3N3O4S. The fraction of sp³-hybridized carbons (Fsp3) is 0.480. The number of halogens is 3. The molecule has 0 aliphatic carbocycles. The molecule has 0 aromatic heterocycles. The fourth-order valence-electron chi connectivity index (χ4n) is 4.61. The lowest BCUT2D eigenvalue weighted by Crippen LogP contribution is -2.49. The summed E-state index contributed by atoms with van der Waals surface area (Å²) in [5.74, 6) is 0.366.